The van der Waals surface area contributed by atoms with E-state index in [0.717, 1.165) is 11.4 Å². The molecule has 0 aliphatic rings. The van der Waals surface area contributed by atoms with Gasteiger partial charge in [0.25, 0.3) is 0 Å². The Hall–Kier alpha value is -0.470. The Morgan fingerprint density at radius 1 is 1.30 bits per heavy atom. The fourth-order valence-corrected chi connectivity index (χ4v) is 4.20. The number of thiophene rings is 1. The summed E-state index contributed by atoms with van der Waals surface area (Å²) in [5, 5.41) is 3.18. The van der Waals surface area contributed by atoms with Gasteiger partial charge in [0.2, 0.25) is 10.0 Å². The van der Waals surface area contributed by atoms with Gasteiger partial charge in [0.05, 0.1) is 5.60 Å². The average Bonchev–Trinajstić information content (AvgIpc) is 2.84. The second kappa shape index (κ2) is 7.51. The molecule has 7 heteroatoms. The van der Waals surface area contributed by atoms with Crippen LogP contribution in [-0.2, 0) is 21.3 Å². The van der Waals surface area contributed by atoms with Gasteiger partial charge in [0.1, 0.15) is 4.21 Å². The molecule has 1 aromatic heterocycles. The number of ether oxygens (including phenoxy) is 1. The smallest absolute Gasteiger partial charge is 0.250 e. The van der Waals surface area contributed by atoms with Gasteiger partial charge in [0, 0.05) is 24.6 Å². The summed E-state index contributed by atoms with van der Waals surface area (Å²) in [6.45, 7) is 10.0. The summed E-state index contributed by atoms with van der Waals surface area (Å²) in [6.07, 6.45) is 0. The van der Waals surface area contributed by atoms with Crippen LogP contribution >= 0.6 is 11.3 Å². The fraction of sp³-hybridized carbons (Fsp3) is 0.692. The van der Waals surface area contributed by atoms with Crippen molar-refractivity contribution in [2.75, 3.05) is 19.7 Å². The first-order valence-electron chi connectivity index (χ1n) is 6.74. The average molecular weight is 320 g/mol. The summed E-state index contributed by atoms with van der Waals surface area (Å²) < 4.78 is 32.8. The molecule has 5 nitrogen and oxygen atoms in total. The van der Waals surface area contributed by atoms with E-state index in [1.165, 1.54) is 11.3 Å². The zero-order valence-electron chi connectivity index (χ0n) is 12.5. The highest BCUT2D eigenvalue weighted by atomic mass is 32.2. The largest absolute Gasteiger partial charge is 0.375 e. The van der Waals surface area contributed by atoms with Gasteiger partial charge in [-0.25, -0.2) is 13.1 Å². The van der Waals surface area contributed by atoms with Gasteiger partial charge in [0.15, 0.2) is 0 Å². The topological polar surface area (TPSA) is 67.4 Å². The lowest BCUT2D eigenvalue weighted by Gasteiger charge is -2.24. The first-order chi connectivity index (χ1) is 9.30. The van der Waals surface area contributed by atoms with Crippen LogP contribution in [-0.4, -0.2) is 33.7 Å². The quantitative estimate of drug-likeness (QED) is 0.730. The molecule has 0 saturated carbocycles. The van der Waals surface area contributed by atoms with E-state index in [4.69, 9.17) is 4.74 Å². The van der Waals surface area contributed by atoms with Crippen LogP contribution in [0.4, 0.5) is 0 Å². The van der Waals surface area contributed by atoms with Crippen LogP contribution in [0, 0.1) is 0 Å². The molecule has 1 heterocycles. The maximum atomic E-state index is 12.2. The summed E-state index contributed by atoms with van der Waals surface area (Å²) in [7, 11) is -3.46. The highest BCUT2D eigenvalue weighted by Crippen LogP contribution is 2.21. The molecule has 0 aromatic carbocycles. The Labute approximate surface area is 125 Å². The summed E-state index contributed by atoms with van der Waals surface area (Å²) in [6, 6.07) is 3.49. The van der Waals surface area contributed by atoms with Crippen LogP contribution in [0.1, 0.15) is 32.6 Å². The second-order valence-electron chi connectivity index (χ2n) is 5.02. The molecule has 0 aliphatic carbocycles. The van der Waals surface area contributed by atoms with Gasteiger partial charge >= 0.3 is 0 Å². The predicted octanol–water partition coefficient (Wildman–Crippen LogP) is 1.95. The Kier molecular flexibility index (Phi) is 6.60. The van der Waals surface area contributed by atoms with Crippen LogP contribution in [0.2, 0.25) is 0 Å². The van der Waals surface area contributed by atoms with Crippen molar-refractivity contribution in [1.82, 2.24) is 10.0 Å². The molecule has 0 fully saturated rings. The lowest BCUT2D eigenvalue weighted by Crippen LogP contribution is -2.40. The molecule has 20 heavy (non-hydrogen) atoms. The summed E-state index contributed by atoms with van der Waals surface area (Å²) in [5.74, 6) is 0. The predicted molar refractivity (Wildman–Crippen MR) is 82.6 cm³/mol. The number of hydrogen-bond acceptors (Lipinski definition) is 5. The molecule has 1 aromatic rings. The Morgan fingerprint density at radius 3 is 2.60 bits per heavy atom. The van der Waals surface area contributed by atoms with Gasteiger partial charge in [-0.15, -0.1) is 11.3 Å². The summed E-state index contributed by atoms with van der Waals surface area (Å²) >= 11 is 1.29. The van der Waals surface area contributed by atoms with Crippen LogP contribution in [0.3, 0.4) is 0 Å². The minimum atomic E-state index is -3.46. The van der Waals surface area contributed by atoms with Crippen molar-refractivity contribution in [3.8, 4) is 0 Å². The van der Waals surface area contributed by atoms with Crippen molar-refractivity contribution in [2.45, 2.75) is 44.0 Å². The summed E-state index contributed by atoms with van der Waals surface area (Å²) in [5.41, 5.74) is -0.508. The molecular weight excluding hydrogens is 296 g/mol. The Balaban J connectivity index is 2.66. The molecule has 1 rings (SSSR count). The van der Waals surface area contributed by atoms with E-state index in [2.05, 4.69) is 10.0 Å². The van der Waals surface area contributed by atoms with Gasteiger partial charge < -0.3 is 10.1 Å². The van der Waals surface area contributed by atoms with Crippen LogP contribution in [0.15, 0.2) is 16.3 Å². The van der Waals surface area contributed by atoms with Crippen molar-refractivity contribution < 1.29 is 13.2 Å². The summed E-state index contributed by atoms with van der Waals surface area (Å²) in [4.78, 5) is 1.01. The molecule has 0 spiro atoms. The Bertz CT molecular complexity index is 509. The number of rotatable bonds is 9. The zero-order chi connectivity index (χ0) is 15.2. The number of sulfonamides is 1. The second-order valence-corrected chi connectivity index (χ2v) is 8.18. The number of nitrogens with one attached hydrogen (secondary N) is 2. The third-order valence-corrected chi connectivity index (χ3v) is 5.65. The lowest BCUT2D eigenvalue weighted by atomic mass is 10.1. The van der Waals surface area contributed by atoms with Gasteiger partial charge in [-0.2, -0.15) is 0 Å². The standard InChI is InChI=1S/C13H24N2O3S2/c1-5-14-9-11-7-8-12(19-11)20(16,17)15-10-13(3,4)18-6-2/h7-8,14-15H,5-6,9-10H2,1-4H3. The third kappa shape index (κ3) is 5.49. The maximum absolute atomic E-state index is 12.2. The minimum Gasteiger partial charge on any atom is -0.375 e. The van der Waals surface area contributed by atoms with E-state index < -0.39 is 15.6 Å². The highest BCUT2D eigenvalue weighted by molar-refractivity contribution is 7.91. The zero-order valence-corrected chi connectivity index (χ0v) is 14.2. The Morgan fingerprint density at radius 2 is 2.00 bits per heavy atom. The molecule has 0 unspecified atom stereocenters. The SMILES string of the molecule is CCNCc1ccc(S(=O)(=O)NCC(C)(C)OCC)s1. The van der Waals surface area contributed by atoms with E-state index >= 15 is 0 Å². The molecule has 0 aliphatic heterocycles. The maximum Gasteiger partial charge on any atom is 0.250 e. The van der Waals surface area contributed by atoms with Gasteiger partial charge in [-0.1, -0.05) is 6.92 Å². The van der Waals surface area contributed by atoms with E-state index in [0.29, 0.717) is 17.4 Å². The van der Waals surface area contributed by atoms with Gasteiger partial charge in [-0.3, -0.25) is 0 Å². The first kappa shape index (κ1) is 17.6. The molecule has 2 N–H and O–H groups in total. The molecule has 0 radical (unpaired) electrons. The van der Waals surface area contributed by atoms with E-state index in [1.807, 2.05) is 33.8 Å². The molecule has 0 amide bonds. The molecular formula is C13H24N2O3S2. The minimum absolute atomic E-state index is 0.254. The normalized spacial score (nSPS) is 12.8. The van der Waals surface area contributed by atoms with E-state index in [1.54, 1.807) is 6.07 Å². The monoisotopic (exact) mass is 320 g/mol. The molecule has 0 bridgehead atoms. The van der Waals surface area contributed by atoms with Crippen LogP contribution in [0.25, 0.3) is 0 Å². The van der Waals surface area contributed by atoms with Crippen molar-refractivity contribution in [3.63, 3.8) is 0 Å². The van der Waals surface area contributed by atoms with Gasteiger partial charge in [-0.05, 0) is 39.4 Å². The molecule has 0 saturated heterocycles. The fourth-order valence-electron chi connectivity index (χ4n) is 1.63. The third-order valence-electron chi connectivity index (χ3n) is 2.67. The van der Waals surface area contributed by atoms with Crippen molar-refractivity contribution >= 4 is 21.4 Å². The van der Waals surface area contributed by atoms with Crippen molar-refractivity contribution in [2.24, 2.45) is 0 Å². The van der Waals surface area contributed by atoms with Crippen molar-refractivity contribution in [3.05, 3.63) is 17.0 Å². The number of hydrogen-bond donors (Lipinski definition) is 2. The van der Waals surface area contributed by atoms with Crippen LogP contribution in [0.5, 0.6) is 0 Å². The molecule has 0 atom stereocenters. The van der Waals surface area contributed by atoms with Crippen molar-refractivity contribution in [1.29, 1.82) is 0 Å². The van der Waals surface area contributed by atoms with E-state index in [-0.39, 0.29) is 6.54 Å². The van der Waals surface area contributed by atoms with E-state index in [9.17, 15) is 8.42 Å². The first-order valence-corrected chi connectivity index (χ1v) is 9.03. The highest BCUT2D eigenvalue weighted by Gasteiger charge is 2.23. The van der Waals surface area contributed by atoms with Crippen LogP contribution < -0.4 is 10.0 Å². The molecule has 116 valence electrons. The lowest BCUT2D eigenvalue weighted by molar-refractivity contribution is -0.00514.